The van der Waals surface area contributed by atoms with Crippen molar-refractivity contribution in [2.45, 2.75) is 39.7 Å². The maximum atomic E-state index is 2.55. The van der Waals surface area contributed by atoms with E-state index in [4.69, 9.17) is 0 Å². The quantitative estimate of drug-likeness (QED) is 0.593. The van der Waals surface area contributed by atoms with Gasteiger partial charge in [0.15, 0.2) is 0 Å². The second kappa shape index (κ2) is 5.59. The molecule has 0 aromatic carbocycles. The van der Waals surface area contributed by atoms with Crippen molar-refractivity contribution < 1.29 is 0 Å². The molecule has 0 aromatic rings. The van der Waals surface area contributed by atoms with E-state index in [-0.39, 0.29) is 7.43 Å². The van der Waals surface area contributed by atoms with Crippen molar-refractivity contribution in [1.82, 2.24) is 4.90 Å². The van der Waals surface area contributed by atoms with Crippen LogP contribution in [-0.2, 0) is 0 Å². The minimum atomic E-state index is 0. The van der Waals surface area contributed by atoms with Gasteiger partial charge in [0.25, 0.3) is 0 Å². The molecule has 1 aliphatic heterocycles. The fraction of sp³-hybridized carbons (Fsp3) is 0.800. The summed E-state index contributed by atoms with van der Waals surface area (Å²) in [7, 11) is 0. The van der Waals surface area contributed by atoms with E-state index >= 15 is 0 Å². The van der Waals surface area contributed by atoms with Crippen LogP contribution in [-0.4, -0.2) is 24.0 Å². The van der Waals surface area contributed by atoms with Crippen molar-refractivity contribution in [3.05, 3.63) is 13.3 Å². The molecule has 12 heavy (non-hydrogen) atoms. The number of rotatable bonds is 1. The molecule has 1 saturated heterocycles. The van der Waals surface area contributed by atoms with Crippen molar-refractivity contribution in [3.8, 4) is 0 Å². The van der Waals surface area contributed by atoms with Gasteiger partial charge in [-0.3, -0.25) is 0 Å². The van der Waals surface area contributed by atoms with Crippen LogP contribution < -0.4 is 0 Å². The Labute approximate surface area is 71.8 Å². The van der Waals surface area contributed by atoms with Crippen LogP contribution in [0.15, 0.2) is 0 Å². The van der Waals surface area contributed by atoms with Gasteiger partial charge in [-0.2, -0.15) is 19.8 Å². The van der Waals surface area contributed by atoms with Crippen molar-refractivity contribution in [2.24, 2.45) is 0 Å². The second-order valence-corrected chi connectivity index (χ2v) is 3.59. The number of likely N-dealkylation sites (tertiary alicyclic amines) is 1. The van der Waals surface area contributed by atoms with Gasteiger partial charge in [0, 0.05) is 6.04 Å². The molecule has 0 N–H and O–H groups in total. The Balaban J connectivity index is 0. The first-order valence-corrected chi connectivity index (χ1v) is 4.25. The number of hydrogen-bond acceptors (Lipinski definition) is 1. The van der Waals surface area contributed by atoms with Gasteiger partial charge in [0.05, 0.1) is 0 Å². The second-order valence-electron chi connectivity index (χ2n) is 3.59. The van der Waals surface area contributed by atoms with Crippen molar-refractivity contribution >= 4 is 0 Å². The summed E-state index contributed by atoms with van der Waals surface area (Å²) in [5, 5.41) is 0. The molecule has 1 radical (unpaired) electrons. The summed E-state index contributed by atoms with van der Waals surface area (Å²) < 4.78 is 0. The zero-order valence-corrected chi connectivity index (χ0v) is 10.8. The van der Waals surface area contributed by atoms with Gasteiger partial charge in [0.2, 0.25) is 0 Å². The molecule has 0 aromatic heterocycles. The number of nitrogens with zero attached hydrogens (tertiary/aromatic N) is 1. The van der Waals surface area contributed by atoms with E-state index in [0.29, 0.717) is 0 Å². The molecule has 2 heteroatoms. The molecular weight excluding hydrogens is 396 g/mol. The van der Waals surface area contributed by atoms with Crippen LogP contribution >= 0.6 is 0 Å². The minimum absolute atomic E-state index is 0. The van der Waals surface area contributed by atoms with E-state index in [0.717, 1.165) is 6.04 Å². The average molecular weight is 417 g/mol. The Kier molecular flexibility index (Phi) is 6.31. The van der Waals surface area contributed by atoms with E-state index < -0.39 is 0 Å². The molecule has 0 bridgehead atoms. The van der Waals surface area contributed by atoms with Gasteiger partial charge in [-0.1, -0.05) is 0 Å². The molecule has 83 valence electrons. The maximum absolute atomic E-state index is 2.55. The molecule has 0 aliphatic carbocycles. The zero-order valence-electron chi connectivity index (χ0n) is 8.61. The molecule has 1 rings (SSSR count). The molecule has 0 atom stereocenters. The molecule has 1 aliphatic rings. The zero-order chi connectivity index (χ0) is 7.56. The first-order chi connectivity index (χ1) is 4.70. The molecular formula is C10H21LrN-2. The molecule has 1 heterocycles. The predicted molar refractivity (Wildman–Crippen MR) is 51.3 cm³/mol. The Morgan fingerprint density at radius 1 is 1.17 bits per heavy atom. The smallest absolute Gasteiger partial charge is 0.00364 e. The van der Waals surface area contributed by atoms with Crippen molar-refractivity contribution in [3.63, 3.8) is 0 Å². The Morgan fingerprint density at radius 2 is 1.58 bits per heavy atom. The van der Waals surface area contributed by atoms with E-state index in [2.05, 4.69) is 25.7 Å². The van der Waals surface area contributed by atoms with Gasteiger partial charge < -0.3 is 18.2 Å². The van der Waals surface area contributed by atoms with Gasteiger partial charge in [-0.05, 0) is 26.9 Å². The normalized spacial score (nSPS) is 20.0. The Bertz CT molecular complexity index is 96.0. The van der Waals surface area contributed by atoms with Crippen LogP contribution in [0.3, 0.4) is 0 Å². The summed E-state index contributed by atoms with van der Waals surface area (Å²) >= 11 is 0. The van der Waals surface area contributed by atoms with Gasteiger partial charge in [-0.15, -0.1) is 0 Å². The summed E-state index contributed by atoms with van der Waals surface area (Å²) in [4.78, 5) is 2.55. The molecule has 1 fully saturated rings. The van der Waals surface area contributed by atoms with Crippen molar-refractivity contribution in [1.29, 1.82) is 0 Å². The summed E-state index contributed by atoms with van der Waals surface area (Å²) in [5.41, 5.74) is 0. The number of piperidine rings is 1. The third-order valence-electron chi connectivity index (χ3n) is 2.38. The SMILES string of the molecule is C[C-]1CCN(C(C)C)CC1.[CH3-].[Lr]. The van der Waals surface area contributed by atoms with Gasteiger partial charge in [0.1, 0.15) is 0 Å². The van der Waals surface area contributed by atoms with Gasteiger partial charge in [-0.25, -0.2) is 0 Å². The Morgan fingerprint density at radius 3 is 1.92 bits per heavy atom. The van der Waals surface area contributed by atoms with Crippen LogP contribution in [0.1, 0.15) is 33.6 Å². The molecule has 0 unspecified atom stereocenters. The maximum Gasteiger partial charge on any atom is 0.00364 e. The summed E-state index contributed by atoms with van der Waals surface area (Å²) in [5.74, 6) is 1.68. The van der Waals surface area contributed by atoms with Crippen LogP contribution in [0.4, 0.5) is 0 Å². The van der Waals surface area contributed by atoms with Gasteiger partial charge >= 0.3 is 0 Å². The largest absolute Gasteiger partial charge is 0.358 e. The van der Waals surface area contributed by atoms with Crippen molar-refractivity contribution in [2.75, 3.05) is 13.1 Å². The topological polar surface area (TPSA) is 3.24 Å². The Hall–Kier alpha value is -1.04. The summed E-state index contributed by atoms with van der Waals surface area (Å²) in [6.07, 6.45) is 2.64. The molecule has 1 nitrogen and oxygen atoms in total. The van der Waals surface area contributed by atoms with E-state index in [9.17, 15) is 0 Å². The van der Waals surface area contributed by atoms with Crippen LogP contribution in [0.5, 0.6) is 0 Å². The molecule has 0 amide bonds. The fourth-order valence-electron chi connectivity index (χ4n) is 1.42. The number of hydrogen-bond donors (Lipinski definition) is 0. The standard InChI is InChI=1S/C9H18N.CH3.Lr/c1-8(2)10-6-4-9(3)5-7-10;;/h8H,4-7H2,1-3H3;1H3;/q2*-1;. The average Bonchev–Trinajstić information content (AvgIpc) is 1.88. The molecule has 0 spiro atoms. The molecule has 0 saturated carbocycles. The fourth-order valence-corrected chi connectivity index (χ4v) is 1.42. The first-order valence-electron chi connectivity index (χ1n) is 4.25. The van der Waals surface area contributed by atoms with E-state index in [1.807, 2.05) is 0 Å². The third-order valence-corrected chi connectivity index (χ3v) is 2.38. The third kappa shape index (κ3) is 3.38. The van der Waals surface area contributed by atoms with E-state index in [1.54, 1.807) is 5.92 Å². The summed E-state index contributed by atoms with van der Waals surface area (Å²) in [6.45, 7) is 9.39. The van der Waals surface area contributed by atoms with Crippen LogP contribution in [0, 0.1) is 13.3 Å². The van der Waals surface area contributed by atoms with E-state index in [1.165, 1.54) is 25.9 Å². The monoisotopic (exact) mass is 417 g/mol. The van der Waals surface area contributed by atoms with Crippen LogP contribution in [0.2, 0.25) is 0 Å². The summed E-state index contributed by atoms with van der Waals surface area (Å²) in [6, 6.07) is 0.744. The van der Waals surface area contributed by atoms with Crippen LogP contribution in [0.25, 0.3) is 0 Å². The predicted octanol–water partition coefficient (Wildman–Crippen LogP) is 2.54. The first kappa shape index (κ1) is 13.5. The minimum Gasteiger partial charge on any atom is -0.358 e.